The lowest BCUT2D eigenvalue weighted by atomic mass is 10.1. The lowest BCUT2D eigenvalue weighted by Crippen LogP contribution is -2.23. The molecule has 1 saturated heterocycles. The largest absolute Gasteiger partial charge is 0.396 e. The summed E-state index contributed by atoms with van der Waals surface area (Å²) in [5.41, 5.74) is 0. The van der Waals surface area contributed by atoms with Gasteiger partial charge in [0.05, 0.1) is 0 Å². The third kappa shape index (κ3) is 2.36. The number of aliphatic hydroxyl groups is 1. The maximum Gasteiger partial charge on any atom is 0.0471 e. The van der Waals surface area contributed by atoms with E-state index in [4.69, 9.17) is 5.11 Å². The molecule has 1 N–H and O–H groups in total. The molecule has 1 rings (SSSR count). The lowest BCUT2D eigenvalue weighted by Gasteiger charge is -2.12. The van der Waals surface area contributed by atoms with Crippen LogP contribution in [0.4, 0.5) is 0 Å². The molecule has 0 bridgehead atoms. The van der Waals surface area contributed by atoms with Crippen LogP contribution in [0.1, 0.15) is 6.42 Å². The Balaban J connectivity index is 2.15. The highest BCUT2D eigenvalue weighted by Crippen LogP contribution is 2.14. The summed E-state index contributed by atoms with van der Waals surface area (Å²) < 4.78 is 1.20. The lowest BCUT2D eigenvalue weighted by molar-refractivity contribution is 0.224. The Morgan fingerprint density at radius 1 is 1.60 bits per heavy atom. The highest BCUT2D eigenvalue weighted by Gasteiger charge is 2.20. The Labute approximate surface area is 75.7 Å². The van der Waals surface area contributed by atoms with Gasteiger partial charge in [-0.25, -0.2) is 0 Å². The van der Waals surface area contributed by atoms with Gasteiger partial charge < -0.3 is 10.0 Å². The minimum absolute atomic E-state index is 0.373. The fourth-order valence-electron chi connectivity index (χ4n) is 1.38. The van der Waals surface area contributed by atoms with Crippen LogP contribution in [0.15, 0.2) is 0 Å². The van der Waals surface area contributed by atoms with Gasteiger partial charge in [0.15, 0.2) is 0 Å². The second-order valence-corrected chi connectivity index (χ2v) is 3.91. The van der Waals surface area contributed by atoms with Crippen molar-refractivity contribution in [2.75, 3.05) is 30.7 Å². The van der Waals surface area contributed by atoms with Gasteiger partial charge in [0.25, 0.3) is 0 Å². The number of likely N-dealkylation sites (tertiary alicyclic amines) is 1. The van der Waals surface area contributed by atoms with Crippen LogP contribution < -0.4 is 0 Å². The number of hydrogen-bond acceptors (Lipinski definition) is 2. The quantitative estimate of drug-likeness (QED) is 0.593. The average molecular weight is 255 g/mol. The number of halogens is 1. The molecule has 60 valence electrons. The van der Waals surface area contributed by atoms with Gasteiger partial charge >= 0.3 is 0 Å². The van der Waals surface area contributed by atoms with Gasteiger partial charge in [0.1, 0.15) is 0 Å². The molecule has 0 aliphatic carbocycles. The van der Waals surface area contributed by atoms with E-state index in [1.165, 1.54) is 23.9 Å². The van der Waals surface area contributed by atoms with Gasteiger partial charge in [0.2, 0.25) is 0 Å². The molecular weight excluding hydrogens is 241 g/mol. The molecule has 1 aliphatic rings. The molecule has 1 fully saturated rings. The number of aliphatic hydroxyl groups excluding tert-OH is 1. The molecular formula is C7H14INO. The smallest absolute Gasteiger partial charge is 0.0471 e. The molecule has 0 spiro atoms. The van der Waals surface area contributed by atoms with E-state index in [9.17, 15) is 0 Å². The Hall–Kier alpha value is 0.650. The van der Waals surface area contributed by atoms with Gasteiger partial charge in [0, 0.05) is 24.1 Å². The summed E-state index contributed by atoms with van der Waals surface area (Å²) in [5, 5.41) is 8.82. The second kappa shape index (κ2) is 4.51. The summed E-state index contributed by atoms with van der Waals surface area (Å²) in [4.78, 5) is 2.42. The second-order valence-electron chi connectivity index (χ2n) is 2.83. The van der Waals surface area contributed by atoms with E-state index in [-0.39, 0.29) is 0 Å². The summed E-state index contributed by atoms with van der Waals surface area (Å²) >= 11 is 2.39. The fraction of sp³-hybridized carbons (Fsp3) is 1.00. The Morgan fingerprint density at radius 3 is 2.90 bits per heavy atom. The average Bonchev–Trinajstić information content (AvgIpc) is 2.37. The first-order chi connectivity index (χ1) is 4.86. The van der Waals surface area contributed by atoms with Crippen molar-refractivity contribution in [3.05, 3.63) is 0 Å². The molecule has 0 unspecified atom stereocenters. The molecule has 1 heterocycles. The molecule has 2 nitrogen and oxygen atoms in total. The van der Waals surface area contributed by atoms with Gasteiger partial charge in [-0.1, -0.05) is 22.6 Å². The highest BCUT2D eigenvalue weighted by atomic mass is 127. The summed E-state index contributed by atoms with van der Waals surface area (Å²) in [6, 6.07) is 0. The van der Waals surface area contributed by atoms with E-state index < -0.39 is 0 Å². The molecule has 0 amide bonds. The molecule has 1 aliphatic heterocycles. The predicted molar refractivity (Wildman–Crippen MR) is 50.5 cm³/mol. The van der Waals surface area contributed by atoms with E-state index in [0.29, 0.717) is 12.5 Å². The number of rotatable bonds is 3. The van der Waals surface area contributed by atoms with Gasteiger partial charge in [-0.15, -0.1) is 0 Å². The van der Waals surface area contributed by atoms with E-state index in [2.05, 4.69) is 27.5 Å². The van der Waals surface area contributed by atoms with Gasteiger partial charge in [-0.2, -0.15) is 0 Å². The van der Waals surface area contributed by atoms with Crippen LogP contribution in [0.3, 0.4) is 0 Å². The Morgan fingerprint density at radius 2 is 2.40 bits per heavy atom. The first-order valence-corrected chi connectivity index (χ1v) is 5.28. The van der Waals surface area contributed by atoms with Crippen molar-refractivity contribution in [2.45, 2.75) is 6.42 Å². The van der Waals surface area contributed by atoms with Crippen LogP contribution in [0.2, 0.25) is 0 Å². The first kappa shape index (κ1) is 8.74. The third-order valence-electron chi connectivity index (χ3n) is 2.03. The number of alkyl halides is 1. The minimum atomic E-state index is 0.373. The summed E-state index contributed by atoms with van der Waals surface area (Å²) in [5.74, 6) is 0.558. The van der Waals surface area contributed by atoms with Crippen LogP contribution in [0.5, 0.6) is 0 Å². The fourth-order valence-corrected chi connectivity index (χ4v) is 2.07. The van der Waals surface area contributed by atoms with Crippen molar-refractivity contribution in [1.29, 1.82) is 0 Å². The van der Waals surface area contributed by atoms with Crippen molar-refractivity contribution in [1.82, 2.24) is 4.90 Å². The molecule has 0 aromatic carbocycles. The van der Waals surface area contributed by atoms with Gasteiger partial charge in [-0.05, 0) is 18.9 Å². The zero-order valence-electron chi connectivity index (χ0n) is 6.09. The van der Waals surface area contributed by atoms with E-state index in [1.807, 2.05) is 0 Å². The van der Waals surface area contributed by atoms with E-state index in [0.717, 1.165) is 6.54 Å². The zero-order valence-corrected chi connectivity index (χ0v) is 8.25. The van der Waals surface area contributed by atoms with Crippen LogP contribution in [-0.2, 0) is 0 Å². The van der Waals surface area contributed by atoms with Crippen LogP contribution in [0, 0.1) is 5.92 Å². The molecule has 10 heavy (non-hydrogen) atoms. The van der Waals surface area contributed by atoms with Gasteiger partial charge in [-0.3, -0.25) is 0 Å². The third-order valence-corrected chi connectivity index (χ3v) is 2.51. The van der Waals surface area contributed by atoms with Crippen molar-refractivity contribution in [3.8, 4) is 0 Å². The number of nitrogens with zero attached hydrogens (tertiary/aromatic N) is 1. The topological polar surface area (TPSA) is 23.5 Å². The molecule has 1 atom stereocenters. The minimum Gasteiger partial charge on any atom is -0.396 e. The summed E-state index contributed by atoms with van der Waals surface area (Å²) in [6.07, 6.45) is 1.19. The summed E-state index contributed by atoms with van der Waals surface area (Å²) in [6.45, 7) is 3.86. The zero-order chi connectivity index (χ0) is 7.40. The Bertz CT molecular complexity index is 99.6. The van der Waals surface area contributed by atoms with Crippen molar-refractivity contribution >= 4 is 22.6 Å². The SMILES string of the molecule is OC[C@@H]1CCN(CCI)C1. The molecule has 0 saturated carbocycles. The van der Waals surface area contributed by atoms with E-state index in [1.54, 1.807) is 0 Å². The Kier molecular flexibility index (Phi) is 3.95. The monoisotopic (exact) mass is 255 g/mol. The normalized spacial score (nSPS) is 27.6. The van der Waals surface area contributed by atoms with Crippen LogP contribution in [-0.4, -0.2) is 40.7 Å². The van der Waals surface area contributed by atoms with Crippen molar-refractivity contribution in [2.24, 2.45) is 5.92 Å². The molecule has 0 aromatic heterocycles. The molecule has 3 heteroatoms. The highest BCUT2D eigenvalue weighted by molar-refractivity contribution is 14.1. The maximum absolute atomic E-state index is 8.82. The summed E-state index contributed by atoms with van der Waals surface area (Å²) in [7, 11) is 0. The van der Waals surface area contributed by atoms with Crippen LogP contribution in [0.25, 0.3) is 0 Å². The molecule has 0 aromatic rings. The van der Waals surface area contributed by atoms with E-state index >= 15 is 0 Å². The first-order valence-electron chi connectivity index (χ1n) is 3.76. The number of hydrogen-bond donors (Lipinski definition) is 1. The maximum atomic E-state index is 8.82. The predicted octanol–water partition coefficient (Wildman–Crippen LogP) is 0.736. The van der Waals surface area contributed by atoms with Crippen LogP contribution >= 0.6 is 22.6 Å². The molecule has 0 radical (unpaired) electrons. The van der Waals surface area contributed by atoms with Crippen molar-refractivity contribution < 1.29 is 5.11 Å². The van der Waals surface area contributed by atoms with Crippen molar-refractivity contribution in [3.63, 3.8) is 0 Å². The standard InChI is InChI=1S/C7H14INO/c8-2-4-9-3-1-7(5-9)6-10/h7,10H,1-6H2/t7-/m1/s1.